The Balaban J connectivity index is 1.91. The molecule has 0 unspecified atom stereocenters. The van der Waals surface area contributed by atoms with Gasteiger partial charge in [-0.15, -0.1) is 0 Å². The van der Waals surface area contributed by atoms with Crippen LogP contribution in [0.25, 0.3) is 0 Å². The summed E-state index contributed by atoms with van der Waals surface area (Å²) >= 11 is 0. The highest BCUT2D eigenvalue weighted by molar-refractivity contribution is 7.86. The molecule has 8 heteroatoms. The van der Waals surface area contributed by atoms with Crippen molar-refractivity contribution < 1.29 is 13.2 Å². The summed E-state index contributed by atoms with van der Waals surface area (Å²) in [5, 5.41) is 0. The molecule has 2 aliphatic heterocycles. The molecule has 2 fully saturated rings. The molecule has 106 valence electrons. The van der Waals surface area contributed by atoms with Crippen LogP contribution >= 0.6 is 0 Å². The summed E-state index contributed by atoms with van der Waals surface area (Å²) < 4.78 is 33.0. The predicted molar refractivity (Wildman–Crippen MR) is 68.4 cm³/mol. The van der Waals surface area contributed by atoms with Gasteiger partial charge in [0.1, 0.15) is 0 Å². The first-order valence-electron chi connectivity index (χ1n) is 6.40. The smallest absolute Gasteiger partial charge is 0.282 e. The first-order valence-corrected chi connectivity index (χ1v) is 7.79. The van der Waals surface area contributed by atoms with Crippen molar-refractivity contribution in [3.05, 3.63) is 0 Å². The fourth-order valence-electron chi connectivity index (χ4n) is 2.31. The number of nitrogens with zero attached hydrogens (tertiary/aromatic N) is 3. The summed E-state index contributed by atoms with van der Waals surface area (Å²) in [4.78, 5) is 2.20. The fourth-order valence-corrected chi connectivity index (χ4v) is 3.87. The lowest BCUT2D eigenvalue weighted by molar-refractivity contribution is 0.0686. The number of hydrogen-bond acceptors (Lipinski definition) is 5. The fraction of sp³-hybridized carbons (Fsp3) is 1.00. The van der Waals surface area contributed by atoms with Gasteiger partial charge in [-0.1, -0.05) is 0 Å². The Hall–Kier alpha value is -0.250. The van der Waals surface area contributed by atoms with Gasteiger partial charge in [-0.3, -0.25) is 4.90 Å². The average Bonchev–Trinajstić information content (AvgIpc) is 2.41. The largest absolute Gasteiger partial charge is 0.379 e. The van der Waals surface area contributed by atoms with Gasteiger partial charge in [-0.2, -0.15) is 17.0 Å². The van der Waals surface area contributed by atoms with E-state index in [0.29, 0.717) is 45.9 Å². The predicted octanol–water partition coefficient (Wildman–Crippen LogP) is -1.86. The van der Waals surface area contributed by atoms with Crippen molar-refractivity contribution in [2.45, 2.75) is 0 Å². The van der Waals surface area contributed by atoms with Crippen molar-refractivity contribution in [3.63, 3.8) is 0 Å². The molecule has 0 aromatic carbocycles. The molecule has 0 aromatic heterocycles. The highest BCUT2D eigenvalue weighted by atomic mass is 32.2. The minimum Gasteiger partial charge on any atom is -0.379 e. The molecule has 0 atom stereocenters. The van der Waals surface area contributed by atoms with E-state index in [1.807, 2.05) is 0 Å². The van der Waals surface area contributed by atoms with Crippen LogP contribution in [-0.4, -0.2) is 87.5 Å². The molecular weight excluding hydrogens is 256 g/mol. The van der Waals surface area contributed by atoms with E-state index >= 15 is 0 Å². The van der Waals surface area contributed by atoms with Crippen LogP contribution in [0.4, 0.5) is 0 Å². The molecule has 0 aliphatic carbocycles. The van der Waals surface area contributed by atoms with Crippen LogP contribution in [0, 0.1) is 0 Å². The normalized spacial score (nSPS) is 25.4. The Morgan fingerprint density at radius 2 is 1.50 bits per heavy atom. The topological polar surface area (TPSA) is 79.1 Å². The molecule has 7 nitrogen and oxygen atoms in total. The Labute approximate surface area is 109 Å². The molecular formula is C10H22N4O3S. The zero-order chi connectivity index (χ0) is 13.0. The SMILES string of the molecule is NCCN1CCN(S(=O)(=O)N2CCOCC2)CC1. The summed E-state index contributed by atoms with van der Waals surface area (Å²) in [5.41, 5.74) is 5.50. The standard InChI is InChI=1S/C10H22N4O3S/c11-1-2-12-3-5-13(6-4-12)18(15,16)14-7-9-17-10-8-14/h1-11H2. The van der Waals surface area contributed by atoms with Gasteiger partial charge in [0.2, 0.25) is 0 Å². The summed E-state index contributed by atoms with van der Waals surface area (Å²) in [6, 6.07) is 0. The molecule has 0 radical (unpaired) electrons. The molecule has 2 aliphatic rings. The number of nitrogens with two attached hydrogens (primary N) is 1. The zero-order valence-corrected chi connectivity index (χ0v) is 11.4. The lowest BCUT2D eigenvalue weighted by Crippen LogP contribution is -2.55. The third-order valence-corrected chi connectivity index (χ3v) is 5.43. The Kier molecular flexibility index (Phi) is 4.93. The monoisotopic (exact) mass is 278 g/mol. The van der Waals surface area contributed by atoms with Crippen molar-refractivity contribution in [2.75, 3.05) is 65.6 Å². The van der Waals surface area contributed by atoms with Gasteiger partial charge >= 0.3 is 0 Å². The Bertz CT molecular complexity index is 348. The quantitative estimate of drug-likeness (QED) is 0.652. The summed E-state index contributed by atoms with van der Waals surface area (Å²) in [5.74, 6) is 0. The number of morpholine rings is 1. The molecule has 18 heavy (non-hydrogen) atoms. The second-order valence-corrected chi connectivity index (χ2v) is 6.48. The van der Waals surface area contributed by atoms with Crippen LogP contribution in [0.15, 0.2) is 0 Å². The third kappa shape index (κ3) is 3.19. The van der Waals surface area contributed by atoms with Gasteiger partial charge in [-0.05, 0) is 0 Å². The van der Waals surface area contributed by atoms with E-state index in [2.05, 4.69) is 4.90 Å². The Morgan fingerprint density at radius 1 is 0.944 bits per heavy atom. The third-order valence-electron chi connectivity index (χ3n) is 3.40. The van der Waals surface area contributed by atoms with E-state index < -0.39 is 10.2 Å². The molecule has 0 aromatic rings. The molecule has 0 amide bonds. The van der Waals surface area contributed by atoms with Crippen molar-refractivity contribution >= 4 is 10.2 Å². The number of piperazine rings is 1. The van der Waals surface area contributed by atoms with Crippen molar-refractivity contribution in [1.82, 2.24) is 13.5 Å². The molecule has 2 N–H and O–H groups in total. The number of ether oxygens (including phenoxy) is 1. The average molecular weight is 278 g/mol. The first kappa shape index (κ1) is 14.2. The molecule has 2 rings (SSSR count). The Morgan fingerprint density at radius 3 is 2.06 bits per heavy atom. The van der Waals surface area contributed by atoms with Crippen LogP contribution in [0.1, 0.15) is 0 Å². The van der Waals surface area contributed by atoms with Gasteiger partial charge in [0, 0.05) is 52.4 Å². The van der Waals surface area contributed by atoms with Gasteiger partial charge in [0.05, 0.1) is 13.2 Å². The second-order valence-electron chi connectivity index (χ2n) is 4.55. The van der Waals surface area contributed by atoms with E-state index in [1.165, 1.54) is 4.31 Å². The highest BCUT2D eigenvalue weighted by Crippen LogP contribution is 2.13. The maximum atomic E-state index is 12.4. The highest BCUT2D eigenvalue weighted by Gasteiger charge is 2.32. The summed E-state index contributed by atoms with van der Waals surface area (Å²) in [6.07, 6.45) is 0. The van der Waals surface area contributed by atoms with E-state index in [9.17, 15) is 8.42 Å². The van der Waals surface area contributed by atoms with E-state index in [0.717, 1.165) is 19.6 Å². The number of hydrogen-bond donors (Lipinski definition) is 1. The van der Waals surface area contributed by atoms with Crippen LogP contribution in [0.5, 0.6) is 0 Å². The minimum absolute atomic E-state index is 0.464. The first-order chi connectivity index (χ1) is 8.64. The van der Waals surface area contributed by atoms with Crippen molar-refractivity contribution in [1.29, 1.82) is 0 Å². The maximum absolute atomic E-state index is 12.4. The lowest BCUT2D eigenvalue weighted by atomic mass is 10.3. The zero-order valence-electron chi connectivity index (χ0n) is 10.6. The lowest BCUT2D eigenvalue weighted by Gasteiger charge is -2.37. The van der Waals surface area contributed by atoms with Gasteiger partial charge in [0.25, 0.3) is 10.2 Å². The van der Waals surface area contributed by atoms with Crippen LogP contribution < -0.4 is 5.73 Å². The molecule has 0 spiro atoms. The second kappa shape index (κ2) is 6.27. The molecule has 2 saturated heterocycles. The molecule has 0 bridgehead atoms. The van der Waals surface area contributed by atoms with Crippen molar-refractivity contribution in [3.8, 4) is 0 Å². The van der Waals surface area contributed by atoms with Crippen LogP contribution in [0.2, 0.25) is 0 Å². The van der Waals surface area contributed by atoms with E-state index in [1.54, 1.807) is 4.31 Å². The van der Waals surface area contributed by atoms with Crippen molar-refractivity contribution in [2.24, 2.45) is 5.73 Å². The molecule has 0 saturated carbocycles. The van der Waals surface area contributed by atoms with Crippen LogP contribution in [0.3, 0.4) is 0 Å². The van der Waals surface area contributed by atoms with E-state index in [4.69, 9.17) is 10.5 Å². The van der Waals surface area contributed by atoms with E-state index in [-0.39, 0.29) is 0 Å². The van der Waals surface area contributed by atoms with Gasteiger partial charge in [0.15, 0.2) is 0 Å². The molecule has 2 heterocycles. The van der Waals surface area contributed by atoms with Crippen LogP contribution in [-0.2, 0) is 14.9 Å². The van der Waals surface area contributed by atoms with Gasteiger partial charge < -0.3 is 10.5 Å². The summed E-state index contributed by atoms with van der Waals surface area (Å²) in [7, 11) is -3.29. The van der Waals surface area contributed by atoms with Gasteiger partial charge in [-0.25, -0.2) is 0 Å². The minimum atomic E-state index is -3.29. The number of rotatable bonds is 4. The maximum Gasteiger partial charge on any atom is 0.282 e. The summed E-state index contributed by atoms with van der Waals surface area (Å²) in [6.45, 7) is 6.01.